The first-order valence-electron chi connectivity index (χ1n) is 5.91. The Balaban J connectivity index is 2.05. The Morgan fingerprint density at radius 3 is 2.94 bits per heavy atom. The van der Waals surface area contributed by atoms with E-state index in [1.165, 1.54) is 7.11 Å². The lowest BCUT2D eigenvalue weighted by Crippen LogP contribution is -2.23. The third-order valence-electron chi connectivity index (χ3n) is 3.34. The monoisotopic (exact) mass is 232 g/mol. The second-order valence-electron chi connectivity index (χ2n) is 4.37. The smallest absolute Gasteiger partial charge is 0.305 e. The number of fused-ring (bicyclic) bond motifs is 1. The summed E-state index contributed by atoms with van der Waals surface area (Å²) < 4.78 is 4.60. The van der Waals surface area contributed by atoms with E-state index in [1.54, 1.807) is 0 Å². The van der Waals surface area contributed by atoms with Gasteiger partial charge in [0.05, 0.1) is 7.11 Å². The highest BCUT2D eigenvalue weighted by Crippen LogP contribution is 2.28. The van der Waals surface area contributed by atoms with Crippen molar-refractivity contribution in [1.29, 1.82) is 0 Å². The summed E-state index contributed by atoms with van der Waals surface area (Å²) in [6, 6.07) is 7.73. The van der Waals surface area contributed by atoms with E-state index >= 15 is 0 Å². The SMILES string of the molecule is COC(=O)CCC1CCc2ccccc2C1=O. The van der Waals surface area contributed by atoms with Crippen LogP contribution >= 0.6 is 0 Å². The van der Waals surface area contributed by atoms with Crippen molar-refractivity contribution >= 4 is 11.8 Å². The number of hydrogen-bond acceptors (Lipinski definition) is 3. The molecule has 1 aromatic rings. The van der Waals surface area contributed by atoms with E-state index in [0.717, 1.165) is 24.0 Å². The van der Waals surface area contributed by atoms with Gasteiger partial charge in [-0.1, -0.05) is 24.3 Å². The number of ketones is 1. The second-order valence-corrected chi connectivity index (χ2v) is 4.37. The number of carbonyl (C=O) groups excluding carboxylic acids is 2. The Morgan fingerprint density at radius 2 is 2.18 bits per heavy atom. The maximum Gasteiger partial charge on any atom is 0.305 e. The number of Topliss-reactive ketones (excluding diaryl/α,β-unsaturated/α-hetero) is 1. The van der Waals surface area contributed by atoms with E-state index in [-0.39, 0.29) is 17.7 Å². The van der Waals surface area contributed by atoms with Gasteiger partial charge in [0.2, 0.25) is 0 Å². The molecule has 1 unspecified atom stereocenters. The topological polar surface area (TPSA) is 43.4 Å². The highest BCUT2D eigenvalue weighted by atomic mass is 16.5. The molecule has 0 spiro atoms. The van der Waals surface area contributed by atoms with Crippen LogP contribution in [0.3, 0.4) is 0 Å². The molecular formula is C14H16O3. The Labute approximate surface area is 101 Å². The van der Waals surface area contributed by atoms with Crippen molar-refractivity contribution < 1.29 is 14.3 Å². The summed E-state index contributed by atoms with van der Waals surface area (Å²) in [5.74, 6) is -0.0867. The molecule has 0 heterocycles. The van der Waals surface area contributed by atoms with E-state index in [4.69, 9.17) is 0 Å². The van der Waals surface area contributed by atoms with E-state index in [2.05, 4.69) is 4.74 Å². The number of carbonyl (C=O) groups is 2. The lowest BCUT2D eigenvalue weighted by atomic mass is 9.80. The van der Waals surface area contributed by atoms with Crippen molar-refractivity contribution in [3.63, 3.8) is 0 Å². The molecule has 0 N–H and O–H groups in total. The summed E-state index contributed by atoms with van der Waals surface area (Å²) in [4.78, 5) is 23.2. The van der Waals surface area contributed by atoms with Crippen LogP contribution in [0.15, 0.2) is 24.3 Å². The summed E-state index contributed by atoms with van der Waals surface area (Å²) in [6.45, 7) is 0. The third-order valence-corrected chi connectivity index (χ3v) is 3.34. The minimum absolute atomic E-state index is 0.0241. The van der Waals surface area contributed by atoms with Crippen LogP contribution < -0.4 is 0 Å². The molecule has 90 valence electrons. The largest absolute Gasteiger partial charge is 0.469 e. The summed E-state index contributed by atoms with van der Waals surface area (Å²) in [6.07, 6.45) is 2.69. The van der Waals surface area contributed by atoms with Crippen LogP contribution in [0.4, 0.5) is 0 Å². The molecule has 3 heteroatoms. The zero-order valence-corrected chi connectivity index (χ0v) is 9.94. The molecule has 0 saturated heterocycles. The molecule has 1 aromatic carbocycles. The highest BCUT2D eigenvalue weighted by molar-refractivity contribution is 6.00. The van der Waals surface area contributed by atoms with Crippen molar-refractivity contribution in [2.24, 2.45) is 5.92 Å². The van der Waals surface area contributed by atoms with Crippen molar-refractivity contribution in [2.45, 2.75) is 25.7 Å². The van der Waals surface area contributed by atoms with Crippen LogP contribution in [0.1, 0.15) is 35.2 Å². The van der Waals surface area contributed by atoms with E-state index in [9.17, 15) is 9.59 Å². The van der Waals surface area contributed by atoms with Crippen molar-refractivity contribution in [2.75, 3.05) is 7.11 Å². The van der Waals surface area contributed by atoms with Gasteiger partial charge in [-0.3, -0.25) is 9.59 Å². The van der Waals surface area contributed by atoms with Gasteiger partial charge in [0.1, 0.15) is 0 Å². The zero-order valence-electron chi connectivity index (χ0n) is 9.94. The molecule has 0 radical (unpaired) electrons. The number of methoxy groups -OCH3 is 1. The molecule has 0 amide bonds. The standard InChI is InChI=1S/C14H16O3/c1-17-13(15)9-8-11-7-6-10-4-2-3-5-12(10)14(11)16/h2-5,11H,6-9H2,1H3. The zero-order chi connectivity index (χ0) is 12.3. The number of aryl methyl sites for hydroxylation is 1. The van der Waals surface area contributed by atoms with Gasteiger partial charge in [-0.25, -0.2) is 0 Å². The van der Waals surface area contributed by atoms with Gasteiger partial charge in [0.15, 0.2) is 5.78 Å². The van der Waals surface area contributed by atoms with E-state index in [1.807, 2.05) is 24.3 Å². The molecule has 3 nitrogen and oxygen atoms in total. The molecular weight excluding hydrogens is 216 g/mol. The fourth-order valence-electron chi connectivity index (χ4n) is 2.33. The summed E-state index contributed by atoms with van der Waals surface area (Å²) in [7, 11) is 1.38. The maximum absolute atomic E-state index is 12.2. The molecule has 0 fully saturated rings. The average Bonchev–Trinajstić information content (AvgIpc) is 2.38. The van der Waals surface area contributed by atoms with Gasteiger partial charge >= 0.3 is 5.97 Å². The Kier molecular flexibility index (Phi) is 3.57. The summed E-state index contributed by atoms with van der Waals surface area (Å²) in [5, 5.41) is 0. The minimum Gasteiger partial charge on any atom is -0.469 e. The lowest BCUT2D eigenvalue weighted by molar-refractivity contribution is -0.140. The van der Waals surface area contributed by atoms with Gasteiger partial charge in [0, 0.05) is 17.9 Å². The van der Waals surface area contributed by atoms with Crippen molar-refractivity contribution in [3.05, 3.63) is 35.4 Å². The molecule has 17 heavy (non-hydrogen) atoms. The molecule has 0 saturated carbocycles. The van der Waals surface area contributed by atoms with Crippen LogP contribution in [0.25, 0.3) is 0 Å². The van der Waals surface area contributed by atoms with Gasteiger partial charge in [-0.15, -0.1) is 0 Å². The maximum atomic E-state index is 12.2. The highest BCUT2D eigenvalue weighted by Gasteiger charge is 2.27. The van der Waals surface area contributed by atoms with E-state index in [0.29, 0.717) is 12.8 Å². The molecule has 0 bridgehead atoms. The quantitative estimate of drug-likeness (QED) is 0.751. The second kappa shape index (κ2) is 5.13. The molecule has 1 atom stereocenters. The van der Waals surface area contributed by atoms with Gasteiger partial charge in [-0.2, -0.15) is 0 Å². The fourth-order valence-corrected chi connectivity index (χ4v) is 2.33. The van der Waals surface area contributed by atoms with Crippen LogP contribution in [-0.4, -0.2) is 18.9 Å². The molecule has 1 aliphatic carbocycles. The van der Waals surface area contributed by atoms with Crippen LogP contribution in [-0.2, 0) is 16.0 Å². The third kappa shape index (κ3) is 2.54. The van der Waals surface area contributed by atoms with Crippen molar-refractivity contribution in [3.8, 4) is 0 Å². The predicted molar refractivity (Wildman–Crippen MR) is 63.8 cm³/mol. The first kappa shape index (κ1) is 11.8. The number of rotatable bonds is 3. The predicted octanol–water partition coefficient (Wildman–Crippen LogP) is 2.38. The Morgan fingerprint density at radius 1 is 1.41 bits per heavy atom. The minimum atomic E-state index is -0.239. The molecule has 0 aromatic heterocycles. The summed E-state index contributed by atoms with van der Waals surface area (Å²) in [5.41, 5.74) is 1.96. The van der Waals surface area contributed by atoms with Gasteiger partial charge in [0.25, 0.3) is 0 Å². The normalized spacial score (nSPS) is 18.6. The molecule has 1 aliphatic rings. The first-order valence-corrected chi connectivity index (χ1v) is 5.91. The van der Waals surface area contributed by atoms with Crippen LogP contribution in [0, 0.1) is 5.92 Å². The van der Waals surface area contributed by atoms with Gasteiger partial charge < -0.3 is 4.74 Å². The number of hydrogen-bond donors (Lipinski definition) is 0. The Bertz CT molecular complexity index is 437. The molecule has 2 rings (SSSR count). The average molecular weight is 232 g/mol. The number of esters is 1. The first-order chi connectivity index (χ1) is 8.22. The van der Waals surface area contributed by atoms with E-state index < -0.39 is 0 Å². The van der Waals surface area contributed by atoms with Crippen molar-refractivity contribution in [1.82, 2.24) is 0 Å². The lowest BCUT2D eigenvalue weighted by Gasteiger charge is -2.22. The number of benzene rings is 1. The van der Waals surface area contributed by atoms with Gasteiger partial charge in [-0.05, 0) is 24.8 Å². The fraction of sp³-hybridized carbons (Fsp3) is 0.429. The summed E-state index contributed by atoms with van der Waals surface area (Å²) >= 11 is 0. The van der Waals surface area contributed by atoms with Crippen LogP contribution in [0.2, 0.25) is 0 Å². The van der Waals surface area contributed by atoms with Crippen LogP contribution in [0.5, 0.6) is 0 Å². The number of ether oxygens (including phenoxy) is 1. The molecule has 0 aliphatic heterocycles. The Hall–Kier alpha value is -1.64.